The predicted molar refractivity (Wildman–Crippen MR) is 104 cm³/mol. The highest BCUT2D eigenvalue weighted by molar-refractivity contribution is 5.72. The fourth-order valence-electron chi connectivity index (χ4n) is 4.39. The molecule has 0 saturated carbocycles. The minimum Gasteiger partial charge on any atom is -0.493 e. The Morgan fingerprint density at radius 2 is 1.96 bits per heavy atom. The van der Waals surface area contributed by atoms with Gasteiger partial charge in [-0.3, -0.25) is 4.90 Å². The maximum absolute atomic E-state index is 13.9. The zero-order chi connectivity index (χ0) is 17.9. The first-order valence-corrected chi connectivity index (χ1v) is 9.67. The number of fused-ring (bicyclic) bond motifs is 2. The summed E-state index contributed by atoms with van der Waals surface area (Å²) in [4.78, 5) is 2.63. The first-order chi connectivity index (χ1) is 12.7. The Morgan fingerprint density at radius 1 is 1.12 bits per heavy atom. The minimum atomic E-state index is -0.193. The predicted octanol–water partition coefficient (Wildman–Crippen LogP) is 5.43. The van der Waals surface area contributed by atoms with Crippen LogP contribution in [-0.2, 0) is 6.54 Å². The zero-order valence-corrected chi connectivity index (χ0v) is 15.3. The third kappa shape index (κ3) is 3.54. The molecule has 2 aliphatic heterocycles. The Hall–Kier alpha value is -2.13. The van der Waals surface area contributed by atoms with E-state index in [1.54, 1.807) is 12.1 Å². The topological polar surface area (TPSA) is 12.5 Å². The molecule has 2 heterocycles. The lowest BCUT2D eigenvalue weighted by Crippen LogP contribution is -2.47. The van der Waals surface area contributed by atoms with Gasteiger partial charge in [0.15, 0.2) is 0 Å². The Balaban J connectivity index is 1.64. The molecule has 0 radical (unpaired) electrons. The van der Waals surface area contributed by atoms with Gasteiger partial charge < -0.3 is 4.74 Å². The summed E-state index contributed by atoms with van der Waals surface area (Å²) in [5, 5.41) is 0. The molecule has 2 nitrogen and oxygen atoms in total. The third-order valence-corrected chi connectivity index (χ3v) is 5.58. The molecule has 2 bridgehead atoms. The van der Waals surface area contributed by atoms with Gasteiger partial charge in [0, 0.05) is 24.2 Å². The van der Waals surface area contributed by atoms with Crippen molar-refractivity contribution in [2.24, 2.45) is 0 Å². The fraction of sp³-hybridized carbons (Fsp3) is 0.391. The standard InChI is InChI=1S/C23H26FNO/c1-2-26-23-12-11-19(24)15-22(23)18-13-20-9-6-10-21(14-18)25(20)16-17-7-4-3-5-8-17/h3-5,7-8,11-13,15,20-21H,2,6,9-10,14,16H2,1H3. The van der Waals surface area contributed by atoms with Gasteiger partial charge in [0.2, 0.25) is 0 Å². The van der Waals surface area contributed by atoms with Crippen LogP contribution in [0.1, 0.15) is 43.7 Å². The monoisotopic (exact) mass is 351 g/mol. The van der Waals surface area contributed by atoms with E-state index >= 15 is 0 Å². The smallest absolute Gasteiger partial charge is 0.126 e. The molecule has 4 rings (SSSR count). The SMILES string of the molecule is CCOc1ccc(F)cc1C1=CC2CCCC(C1)N2Cc1ccccc1. The van der Waals surface area contributed by atoms with E-state index in [0.29, 0.717) is 18.7 Å². The average Bonchev–Trinajstić information content (AvgIpc) is 2.64. The van der Waals surface area contributed by atoms with Gasteiger partial charge in [-0.1, -0.05) is 42.8 Å². The summed E-state index contributed by atoms with van der Waals surface area (Å²) < 4.78 is 19.7. The normalized spacial score (nSPS) is 22.8. The number of ether oxygens (including phenoxy) is 1. The van der Waals surface area contributed by atoms with Gasteiger partial charge in [0.1, 0.15) is 11.6 Å². The van der Waals surface area contributed by atoms with Crippen LogP contribution in [-0.4, -0.2) is 23.6 Å². The van der Waals surface area contributed by atoms with E-state index in [4.69, 9.17) is 4.74 Å². The molecule has 136 valence electrons. The van der Waals surface area contributed by atoms with Crippen LogP contribution < -0.4 is 4.74 Å². The van der Waals surface area contributed by atoms with Gasteiger partial charge in [-0.25, -0.2) is 4.39 Å². The second kappa shape index (κ2) is 7.63. The van der Waals surface area contributed by atoms with Crippen LogP contribution in [0.5, 0.6) is 5.75 Å². The number of halogens is 1. The lowest BCUT2D eigenvalue weighted by Gasteiger charge is -2.45. The molecular weight excluding hydrogens is 325 g/mol. The van der Waals surface area contributed by atoms with Gasteiger partial charge >= 0.3 is 0 Å². The second-order valence-corrected chi connectivity index (χ2v) is 7.28. The van der Waals surface area contributed by atoms with Crippen LogP contribution in [0.15, 0.2) is 54.6 Å². The van der Waals surface area contributed by atoms with Gasteiger partial charge in [-0.05, 0) is 55.5 Å². The minimum absolute atomic E-state index is 0.193. The third-order valence-electron chi connectivity index (χ3n) is 5.58. The number of hydrogen-bond acceptors (Lipinski definition) is 2. The molecule has 1 fully saturated rings. The molecule has 1 saturated heterocycles. The number of nitrogens with zero attached hydrogens (tertiary/aromatic N) is 1. The van der Waals surface area contributed by atoms with Gasteiger partial charge in [0.05, 0.1) is 6.61 Å². The summed E-state index contributed by atoms with van der Waals surface area (Å²) in [5.74, 6) is 0.607. The summed E-state index contributed by atoms with van der Waals surface area (Å²) in [6.45, 7) is 3.55. The summed E-state index contributed by atoms with van der Waals surface area (Å²) in [7, 11) is 0. The Morgan fingerprint density at radius 3 is 2.73 bits per heavy atom. The van der Waals surface area contributed by atoms with Crippen LogP contribution in [0.2, 0.25) is 0 Å². The largest absolute Gasteiger partial charge is 0.493 e. The number of piperidine rings is 1. The summed E-state index contributed by atoms with van der Waals surface area (Å²) in [6, 6.07) is 16.5. The highest BCUT2D eigenvalue weighted by atomic mass is 19.1. The number of benzene rings is 2. The molecule has 2 aromatic rings. The highest BCUT2D eigenvalue weighted by Crippen LogP contribution is 2.40. The van der Waals surface area contributed by atoms with Crippen molar-refractivity contribution in [3.05, 3.63) is 71.6 Å². The lowest BCUT2D eigenvalue weighted by atomic mass is 9.82. The Labute approximate surface area is 155 Å². The quantitative estimate of drug-likeness (QED) is 0.712. The molecule has 0 spiro atoms. The molecule has 2 atom stereocenters. The summed E-state index contributed by atoms with van der Waals surface area (Å²) in [5.41, 5.74) is 3.54. The molecule has 2 aliphatic rings. The molecule has 0 aromatic heterocycles. The van der Waals surface area contributed by atoms with Crippen LogP contribution >= 0.6 is 0 Å². The highest BCUT2D eigenvalue weighted by Gasteiger charge is 2.34. The Kier molecular flexibility index (Phi) is 5.07. The first-order valence-electron chi connectivity index (χ1n) is 9.67. The molecule has 3 heteroatoms. The average molecular weight is 351 g/mol. The van der Waals surface area contributed by atoms with E-state index < -0.39 is 0 Å². The summed E-state index contributed by atoms with van der Waals surface area (Å²) >= 11 is 0. The fourth-order valence-corrected chi connectivity index (χ4v) is 4.39. The van der Waals surface area contributed by atoms with Crippen LogP contribution in [0, 0.1) is 5.82 Å². The first kappa shape index (κ1) is 17.3. The van der Waals surface area contributed by atoms with Crippen molar-refractivity contribution >= 4 is 5.57 Å². The summed E-state index contributed by atoms with van der Waals surface area (Å²) in [6.07, 6.45) is 6.97. The molecule has 2 unspecified atom stereocenters. The number of hydrogen-bond donors (Lipinski definition) is 0. The van der Waals surface area contributed by atoms with Crippen molar-refractivity contribution in [1.82, 2.24) is 4.90 Å². The van der Waals surface area contributed by atoms with Crippen LogP contribution in [0.25, 0.3) is 5.57 Å². The van der Waals surface area contributed by atoms with Gasteiger partial charge in [0.25, 0.3) is 0 Å². The molecular formula is C23H26FNO. The Bertz CT molecular complexity index is 786. The molecule has 0 aliphatic carbocycles. The maximum Gasteiger partial charge on any atom is 0.126 e. The molecule has 0 N–H and O–H groups in total. The maximum atomic E-state index is 13.9. The van der Waals surface area contributed by atoms with Crippen molar-refractivity contribution in [3.63, 3.8) is 0 Å². The van der Waals surface area contributed by atoms with Crippen LogP contribution in [0.4, 0.5) is 4.39 Å². The van der Waals surface area contributed by atoms with Crippen molar-refractivity contribution in [2.75, 3.05) is 6.61 Å². The van der Waals surface area contributed by atoms with E-state index in [-0.39, 0.29) is 5.82 Å². The molecule has 26 heavy (non-hydrogen) atoms. The van der Waals surface area contributed by atoms with E-state index in [9.17, 15) is 4.39 Å². The zero-order valence-electron chi connectivity index (χ0n) is 15.3. The van der Waals surface area contributed by atoms with E-state index in [2.05, 4.69) is 41.3 Å². The van der Waals surface area contributed by atoms with Crippen molar-refractivity contribution in [2.45, 2.75) is 51.2 Å². The van der Waals surface area contributed by atoms with Crippen molar-refractivity contribution in [1.29, 1.82) is 0 Å². The van der Waals surface area contributed by atoms with Crippen molar-refractivity contribution in [3.8, 4) is 5.75 Å². The van der Waals surface area contributed by atoms with Crippen molar-refractivity contribution < 1.29 is 9.13 Å². The molecule has 0 amide bonds. The van der Waals surface area contributed by atoms with E-state index in [1.807, 2.05) is 6.92 Å². The van der Waals surface area contributed by atoms with E-state index in [0.717, 1.165) is 24.3 Å². The van der Waals surface area contributed by atoms with Gasteiger partial charge in [-0.2, -0.15) is 0 Å². The molecule has 2 aromatic carbocycles. The van der Waals surface area contributed by atoms with Gasteiger partial charge in [-0.15, -0.1) is 0 Å². The van der Waals surface area contributed by atoms with Crippen LogP contribution in [0.3, 0.4) is 0 Å². The second-order valence-electron chi connectivity index (χ2n) is 7.28. The lowest BCUT2D eigenvalue weighted by molar-refractivity contribution is 0.0950. The number of rotatable bonds is 5. The van der Waals surface area contributed by atoms with E-state index in [1.165, 1.54) is 36.5 Å².